The van der Waals surface area contributed by atoms with E-state index in [2.05, 4.69) is 53.5 Å². The lowest BCUT2D eigenvalue weighted by Crippen LogP contribution is -2.55. The molecule has 2 N–H and O–H groups in total. The normalized spacial score (nSPS) is 27.1. The maximum Gasteiger partial charge on any atom is 0.310 e. The number of carboxylic acids is 1. The minimum Gasteiger partial charge on any atom is -0.481 e. The predicted octanol–water partition coefficient (Wildman–Crippen LogP) is 4.81. The van der Waals surface area contributed by atoms with Crippen LogP contribution in [0.2, 0.25) is 0 Å². The molecule has 1 aromatic carbocycles. The Balaban J connectivity index is 1.21. The van der Waals surface area contributed by atoms with Gasteiger partial charge in [-0.25, -0.2) is 0 Å². The van der Waals surface area contributed by atoms with Gasteiger partial charge in [-0.1, -0.05) is 48.9 Å². The second kappa shape index (κ2) is 8.47. The Kier molecular flexibility index (Phi) is 6.09. The van der Waals surface area contributed by atoms with Gasteiger partial charge in [-0.3, -0.25) is 4.79 Å². The van der Waals surface area contributed by atoms with E-state index >= 15 is 0 Å². The lowest BCUT2D eigenvalue weighted by Gasteiger charge is -2.53. The average molecular weight is 411 g/mol. The highest BCUT2D eigenvalue weighted by molar-refractivity contribution is 5.73. The number of carbonyl (C=O) groups is 1. The van der Waals surface area contributed by atoms with E-state index in [4.69, 9.17) is 0 Å². The molecule has 1 spiro atoms. The monoisotopic (exact) mass is 410 g/mol. The minimum absolute atomic E-state index is 0.513. The third-order valence-electron chi connectivity index (χ3n) is 7.75. The average Bonchev–Trinajstić information content (AvgIpc) is 3.46. The lowest BCUT2D eigenvalue weighted by atomic mass is 9.60. The van der Waals surface area contributed by atoms with E-state index in [9.17, 15) is 9.90 Å². The number of hydrogen-bond donors (Lipinski definition) is 2. The molecule has 2 unspecified atom stereocenters. The van der Waals surface area contributed by atoms with Gasteiger partial charge in [-0.05, 0) is 82.4 Å². The minimum atomic E-state index is -0.692. The van der Waals surface area contributed by atoms with Crippen LogP contribution in [0.5, 0.6) is 0 Å². The van der Waals surface area contributed by atoms with Crippen LogP contribution in [-0.4, -0.2) is 47.7 Å². The Labute approximate surface area is 181 Å². The largest absolute Gasteiger partial charge is 0.481 e. The summed E-state index contributed by atoms with van der Waals surface area (Å²) in [5.41, 5.74) is 2.77. The molecular weight excluding hydrogens is 372 g/mol. The zero-order valence-electron chi connectivity index (χ0n) is 18.9. The van der Waals surface area contributed by atoms with Crippen LogP contribution < -0.4 is 5.32 Å². The van der Waals surface area contributed by atoms with Gasteiger partial charge in [-0.15, -0.1) is 0 Å². The molecule has 3 aliphatic rings. The van der Waals surface area contributed by atoms with Gasteiger partial charge >= 0.3 is 5.97 Å². The number of hydrogen-bond acceptors (Lipinski definition) is 3. The number of rotatable bonds is 8. The molecule has 1 heterocycles. The molecule has 4 rings (SSSR count). The quantitative estimate of drug-likeness (QED) is 0.645. The summed E-state index contributed by atoms with van der Waals surface area (Å²) >= 11 is 0. The second-order valence-electron chi connectivity index (χ2n) is 10.7. The molecule has 164 valence electrons. The number of carboxylic acid groups (broad SMARTS) is 1. The molecule has 1 aromatic rings. The molecule has 0 amide bonds. The summed E-state index contributed by atoms with van der Waals surface area (Å²) < 4.78 is 0. The van der Waals surface area contributed by atoms with Gasteiger partial charge in [0.1, 0.15) is 0 Å². The van der Waals surface area contributed by atoms with Gasteiger partial charge in [-0.2, -0.15) is 0 Å². The van der Waals surface area contributed by atoms with Gasteiger partial charge in [0.25, 0.3) is 0 Å². The van der Waals surface area contributed by atoms with Crippen molar-refractivity contribution in [2.45, 2.75) is 71.4 Å². The summed E-state index contributed by atoms with van der Waals surface area (Å²) in [6, 6.07) is 12.0. The van der Waals surface area contributed by atoms with Crippen molar-refractivity contribution >= 4 is 12.0 Å². The third kappa shape index (κ3) is 4.81. The van der Waals surface area contributed by atoms with Crippen molar-refractivity contribution in [3.8, 4) is 0 Å². The lowest BCUT2D eigenvalue weighted by molar-refractivity contribution is -0.148. The highest BCUT2D eigenvalue weighted by Crippen LogP contribution is 2.51. The van der Waals surface area contributed by atoms with Crippen LogP contribution in [0, 0.1) is 16.7 Å². The van der Waals surface area contributed by atoms with Crippen molar-refractivity contribution in [1.29, 1.82) is 0 Å². The van der Waals surface area contributed by atoms with Crippen LogP contribution in [-0.2, 0) is 4.79 Å². The fourth-order valence-electron chi connectivity index (χ4n) is 5.65. The molecule has 2 atom stereocenters. The highest BCUT2D eigenvalue weighted by atomic mass is 16.4. The Morgan fingerprint density at radius 3 is 2.50 bits per heavy atom. The van der Waals surface area contributed by atoms with Crippen LogP contribution in [0.15, 0.2) is 35.9 Å². The molecule has 0 radical (unpaired) electrons. The smallest absolute Gasteiger partial charge is 0.310 e. The van der Waals surface area contributed by atoms with Crippen LogP contribution in [0.3, 0.4) is 0 Å². The third-order valence-corrected chi connectivity index (χ3v) is 7.75. The van der Waals surface area contributed by atoms with Crippen molar-refractivity contribution in [3.63, 3.8) is 0 Å². The zero-order chi connectivity index (χ0) is 21.4. The molecule has 1 saturated heterocycles. The van der Waals surface area contributed by atoms with Gasteiger partial charge in [0.2, 0.25) is 0 Å². The first kappa shape index (κ1) is 21.6. The molecule has 2 aliphatic carbocycles. The summed E-state index contributed by atoms with van der Waals surface area (Å²) in [6.45, 7) is 8.72. The van der Waals surface area contributed by atoms with Crippen LogP contribution in [0.1, 0.15) is 64.9 Å². The molecule has 4 heteroatoms. The van der Waals surface area contributed by atoms with E-state index < -0.39 is 11.4 Å². The first-order valence-corrected chi connectivity index (χ1v) is 11.8. The van der Waals surface area contributed by atoms with Crippen LogP contribution in [0.4, 0.5) is 0 Å². The number of likely N-dealkylation sites (tertiary alicyclic amines) is 1. The molecule has 0 bridgehead atoms. The Bertz CT molecular complexity index is 769. The van der Waals surface area contributed by atoms with E-state index in [0.29, 0.717) is 30.0 Å². The van der Waals surface area contributed by atoms with Crippen molar-refractivity contribution in [1.82, 2.24) is 10.2 Å². The number of nitrogens with zero attached hydrogens (tertiary/aromatic N) is 1. The van der Waals surface area contributed by atoms with Crippen LogP contribution >= 0.6 is 0 Å². The van der Waals surface area contributed by atoms with Crippen molar-refractivity contribution < 1.29 is 9.90 Å². The van der Waals surface area contributed by atoms with Crippen molar-refractivity contribution in [2.24, 2.45) is 16.7 Å². The molecular formula is C26H38N2O2. The molecule has 4 nitrogen and oxygen atoms in total. The van der Waals surface area contributed by atoms with Gasteiger partial charge in [0, 0.05) is 18.6 Å². The zero-order valence-corrected chi connectivity index (χ0v) is 18.9. The van der Waals surface area contributed by atoms with Crippen molar-refractivity contribution in [3.05, 3.63) is 41.5 Å². The first-order valence-electron chi connectivity index (χ1n) is 11.8. The Morgan fingerprint density at radius 1 is 1.23 bits per heavy atom. The number of aliphatic carboxylic acids is 1. The standard InChI is InChI=1S/C26H38N2O2/c1-4-20(14-19-8-6-5-7-9-19)22-15-23(22)27-21-16-26(17-21)10-12-28(13-11-26)18-25(2,3)24(29)30/h5-9,14,21-23,27H,4,10-13,15-18H2,1-3H3,(H,29,30)/b20-14+. The molecule has 30 heavy (non-hydrogen) atoms. The predicted molar refractivity (Wildman–Crippen MR) is 122 cm³/mol. The summed E-state index contributed by atoms with van der Waals surface area (Å²) in [7, 11) is 0. The summed E-state index contributed by atoms with van der Waals surface area (Å²) in [6.07, 6.45) is 9.87. The second-order valence-corrected chi connectivity index (χ2v) is 10.7. The van der Waals surface area contributed by atoms with Crippen LogP contribution in [0.25, 0.3) is 6.08 Å². The number of piperidine rings is 1. The topological polar surface area (TPSA) is 52.6 Å². The van der Waals surface area contributed by atoms with Crippen molar-refractivity contribution in [2.75, 3.05) is 19.6 Å². The van der Waals surface area contributed by atoms with Gasteiger partial charge < -0.3 is 15.3 Å². The number of benzene rings is 1. The Morgan fingerprint density at radius 2 is 1.90 bits per heavy atom. The summed E-state index contributed by atoms with van der Waals surface area (Å²) in [5, 5.41) is 13.3. The SMILES string of the molecule is CC/C(=C\c1ccccc1)C1CC1NC1CC2(CCN(CC(C)(C)C(=O)O)CC2)C1. The van der Waals surface area contributed by atoms with Gasteiger partial charge in [0.05, 0.1) is 5.41 Å². The molecule has 2 saturated carbocycles. The fourth-order valence-corrected chi connectivity index (χ4v) is 5.65. The Hall–Kier alpha value is -1.65. The maximum atomic E-state index is 11.4. The maximum absolute atomic E-state index is 11.4. The van der Waals surface area contributed by atoms with Gasteiger partial charge in [0.15, 0.2) is 0 Å². The van der Waals surface area contributed by atoms with E-state index in [1.54, 1.807) is 5.57 Å². The van der Waals surface area contributed by atoms with E-state index in [-0.39, 0.29) is 0 Å². The van der Waals surface area contributed by atoms with E-state index in [1.807, 2.05) is 13.8 Å². The molecule has 3 fully saturated rings. The molecule has 1 aliphatic heterocycles. The van der Waals surface area contributed by atoms with E-state index in [0.717, 1.165) is 19.5 Å². The summed E-state index contributed by atoms with van der Waals surface area (Å²) in [5.74, 6) is 0.0225. The highest BCUT2D eigenvalue weighted by Gasteiger charge is 2.49. The van der Waals surface area contributed by atoms with E-state index in [1.165, 1.54) is 37.7 Å². The molecule has 0 aromatic heterocycles. The number of nitrogens with one attached hydrogen (secondary N) is 1. The first-order chi connectivity index (χ1) is 14.3. The fraction of sp³-hybridized carbons (Fsp3) is 0.654. The summed E-state index contributed by atoms with van der Waals surface area (Å²) in [4.78, 5) is 13.8.